The van der Waals surface area contributed by atoms with Crippen LogP contribution in [0.1, 0.15) is 12.5 Å². The number of carbonyl (C=O) groups excluding carboxylic acids is 1. The molecule has 0 aliphatic heterocycles. The van der Waals surface area contributed by atoms with Crippen LogP contribution >= 0.6 is 0 Å². The molecule has 0 fully saturated rings. The van der Waals surface area contributed by atoms with Gasteiger partial charge in [0.15, 0.2) is 0 Å². The van der Waals surface area contributed by atoms with Crippen molar-refractivity contribution in [3.8, 4) is 0 Å². The predicted molar refractivity (Wildman–Crippen MR) is 72.7 cm³/mol. The molecule has 0 unspecified atom stereocenters. The number of carbonyl (C=O) groups is 1. The summed E-state index contributed by atoms with van der Waals surface area (Å²) in [5.41, 5.74) is 1.97. The molecule has 0 saturated heterocycles. The summed E-state index contributed by atoms with van der Waals surface area (Å²) in [5.74, 6) is 0.529. The number of hydrogen-bond acceptors (Lipinski definition) is 2. The molecule has 18 heavy (non-hydrogen) atoms. The third-order valence-corrected chi connectivity index (χ3v) is 2.50. The fourth-order valence-corrected chi connectivity index (χ4v) is 1.58. The maximum absolute atomic E-state index is 11.7. The van der Waals surface area contributed by atoms with E-state index in [0.29, 0.717) is 5.82 Å². The normalized spacial score (nSPS) is 9.83. The number of benzene rings is 1. The molecule has 2 amide bonds. The van der Waals surface area contributed by atoms with Crippen molar-refractivity contribution in [2.24, 2.45) is 0 Å². The lowest BCUT2D eigenvalue weighted by Gasteiger charge is -2.07. The summed E-state index contributed by atoms with van der Waals surface area (Å²) in [6.07, 6.45) is 2.57. The highest BCUT2D eigenvalue weighted by Gasteiger charge is 2.03. The van der Waals surface area contributed by atoms with Crippen LogP contribution in [-0.4, -0.2) is 11.0 Å². The van der Waals surface area contributed by atoms with Gasteiger partial charge in [-0.05, 0) is 36.2 Å². The van der Waals surface area contributed by atoms with E-state index in [9.17, 15) is 4.79 Å². The summed E-state index contributed by atoms with van der Waals surface area (Å²) < 4.78 is 0. The molecular weight excluding hydrogens is 226 g/mol. The first-order valence-corrected chi connectivity index (χ1v) is 5.86. The van der Waals surface area contributed by atoms with Crippen molar-refractivity contribution in [2.45, 2.75) is 13.3 Å². The van der Waals surface area contributed by atoms with Crippen molar-refractivity contribution < 1.29 is 4.79 Å². The number of aromatic nitrogens is 1. The van der Waals surface area contributed by atoms with E-state index in [2.05, 4.69) is 22.5 Å². The summed E-state index contributed by atoms with van der Waals surface area (Å²) in [5, 5.41) is 5.44. The van der Waals surface area contributed by atoms with Gasteiger partial charge in [-0.2, -0.15) is 0 Å². The average molecular weight is 241 g/mol. The van der Waals surface area contributed by atoms with Crippen LogP contribution in [-0.2, 0) is 6.42 Å². The number of amides is 2. The Morgan fingerprint density at radius 3 is 2.78 bits per heavy atom. The number of urea groups is 1. The highest BCUT2D eigenvalue weighted by molar-refractivity contribution is 5.99. The van der Waals surface area contributed by atoms with Crippen LogP contribution in [0.15, 0.2) is 48.7 Å². The van der Waals surface area contributed by atoms with Crippen LogP contribution in [0.3, 0.4) is 0 Å². The molecule has 0 radical (unpaired) electrons. The number of nitrogens with one attached hydrogen (secondary N) is 2. The maximum atomic E-state index is 11.7. The van der Waals surface area contributed by atoms with Crippen molar-refractivity contribution in [1.82, 2.24) is 4.98 Å². The van der Waals surface area contributed by atoms with Gasteiger partial charge in [0.2, 0.25) is 0 Å². The van der Waals surface area contributed by atoms with Gasteiger partial charge in [0.1, 0.15) is 5.82 Å². The SMILES string of the molecule is CCc1cccc(NC(=O)Nc2ccccn2)c1. The van der Waals surface area contributed by atoms with E-state index in [1.807, 2.05) is 30.3 Å². The highest BCUT2D eigenvalue weighted by atomic mass is 16.2. The first-order valence-electron chi connectivity index (χ1n) is 5.86. The van der Waals surface area contributed by atoms with Crippen LogP contribution in [0.4, 0.5) is 16.3 Å². The summed E-state index contributed by atoms with van der Waals surface area (Å²) in [4.78, 5) is 15.7. The lowest BCUT2D eigenvalue weighted by Crippen LogP contribution is -2.20. The molecule has 0 atom stereocenters. The molecule has 4 heteroatoms. The molecular formula is C14H15N3O. The molecule has 0 aliphatic rings. The third-order valence-electron chi connectivity index (χ3n) is 2.50. The second-order valence-corrected chi connectivity index (χ2v) is 3.85. The van der Waals surface area contributed by atoms with E-state index >= 15 is 0 Å². The first-order chi connectivity index (χ1) is 8.78. The molecule has 1 aromatic carbocycles. The van der Waals surface area contributed by atoms with Gasteiger partial charge in [0, 0.05) is 11.9 Å². The number of aryl methyl sites for hydroxylation is 1. The topological polar surface area (TPSA) is 54.0 Å². The Balaban J connectivity index is 1.99. The summed E-state index contributed by atoms with van der Waals surface area (Å²) >= 11 is 0. The van der Waals surface area contributed by atoms with Crippen LogP contribution < -0.4 is 10.6 Å². The zero-order valence-corrected chi connectivity index (χ0v) is 10.2. The van der Waals surface area contributed by atoms with E-state index in [1.54, 1.807) is 18.3 Å². The first kappa shape index (κ1) is 12.1. The Hall–Kier alpha value is -2.36. The van der Waals surface area contributed by atoms with Crippen molar-refractivity contribution in [3.05, 3.63) is 54.2 Å². The molecule has 92 valence electrons. The number of rotatable bonds is 3. The molecule has 0 aliphatic carbocycles. The molecule has 1 heterocycles. The summed E-state index contributed by atoms with van der Waals surface area (Å²) in [6, 6.07) is 12.8. The Kier molecular flexibility index (Phi) is 3.91. The van der Waals surface area contributed by atoms with Crippen molar-refractivity contribution in [3.63, 3.8) is 0 Å². The van der Waals surface area contributed by atoms with Crippen molar-refractivity contribution >= 4 is 17.5 Å². The molecule has 1 aromatic heterocycles. The Labute approximate surface area is 106 Å². The molecule has 0 bridgehead atoms. The fraction of sp³-hybridized carbons (Fsp3) is 0.143. The minimum atomic E-state index is -0.290. The summed E-state index contributed by atoms with van der Waals surface area (Å²) in [7, 11) is 0. The van der Waals surface area contributed by atoms with Gasteiger partial charge in [-0.3, -0.25) is 5.32 Å². The van der Waals surface area contributed by atoms with E-state index in [4.69, 9.17) is 0 Å². The van der Waals surface area contributed by atoms with Gasteiger partial charge in [-0.25, -0.2) is 9.78 Å². The molecule has 0 spiro atoms. The maximum Gasteiger partial charge on any atom is 0.324 e. The number of hydrogen-bond donors (Lipinski definition) is 2. The van der Waals surface area contributed by atoms with Gasteiger partial charge in [-0.15, -0.1) is 0 Å². The third kappa shape index (κ3) is 3.31. The molecule has 2 rings (SSSR count). The zero-order valence-electron chi connectivity index (χ0n) is 10.2. The molecule has 2 aromatic rings. The molecule has 4 nitrogen and oxygen atoms in total. The quantitative estimate of drug-likeness (QED) is 0.866. The predicted octanol–water partition coefficient (Wildman–Crippen LogP) is 3.29. The van der Waals surface area contributed by atoms with Gasteiger partial charge < -0.3 is 5.32 Å². The Morgan fingerprint density at radius 1 is 1.17 bits per heavy atom. The smallest absolute Gasteiger partial charge is 0.308 e. The molecule has 0 saturated carbocycles. The molecule has 2 N–H and O–H groups in total. The van der Waals surface area contributed by atoms with Crippen LogP contribution in [0.25, 0.3) is 0 Å². The van der Waals surface area contributed by atoms with Crippen molar-refractivity contribution in [1.29, 1.82) is 0 Å². The average Bonchev–Trinajstić information content (AvgIpc) is 2.40. The second kappa shape index (κ2) is 5.82. The van der Waals surface area contributed by atoms with Crippen LogP contribution in [0.5, 0.6) is 0 Å². The lowest BCUT2D eigenvalue weighted by molar-refractivity contribution is 0.262. The zero-order chi connectivity index (χ0) is 12.8. The number of pyridine rings is 1. The largest absolute Gasteiger partial charge is 0.324 e. The van der Waals surface area contributed by atoms with Gasteiger partial charge >= 0.3 is 6.03 Å². The van der Waals surface area contributed by atoms with Gasteiger partial charge in [0.05, 0.1) is 0 Å². The van der Waals surface area contributed by atoms with Crippen LogP contribution in [0.2, 0.25) is 0 Å². The fourth-order valence-electron chi connectivity index (χ4n) is 1.58. The van der Waals surface area contributed by atoms with E-state index < -0.39 is 0 Å². The van der Waals surface area contributed by atoms with Gasteiger partial charge in [0.25, 0.3) is 0 Å². The van der Waals surface area contributed by atoms with Gasteiger partial charge in [-0.1, -0.05) is 25.1 Å². The van der Waals surface area contributed by atoms with Crippen molar-refractivity contribution in [2.75, 3.05) is 10.6 Å². The highest BCUT2D eigenvalue weighted by Crippen LogP contribution is 2.11. The van der Waals surface area contributed by atoms with Crippen LogP contribution in [0, 0.1) is 0 Å². The Morgan fingerprint density at radius 2 is 2.06 bits per heavy atom. The standard InChI is InChI=1S/C14H15N3O/c1-2-11-6-5-7-12(10-11)16-14(18)17-13-8-3-4-9-15-13/h3-10H,2H2,1H3,(H2,15,16,17,18). The summed E-state index contributed by atoms with van der Waals surface area (Å²) in [6.45, 7) is 2.08. The van der Waals surface area contributed by atoms with E-state index in [-0.39, 0.29) is 6.03 Å². The number of anilines is 2. The minimum Gasteiger partial charge on any atom is -0.308 e. The lowest BCUT2D eigenvalue weighted by atomic mass is 10.1. The Bertz CT molecular complexity index is 526. The van der Waals surface area contributed by atoms with E-state index in [1.165, 1.54) is 5.56 Å². The monoisotopic (exact) mass is 241 g/mol. The second-order valence-electron chi connectivity index (χ2n) is 3.85. The minimum absolute atomic E-state index is 0.290. The number of nitrogens with zero attached hydrogens (tertiary/aromatic N) is 1. The van der Waals surface area contributed by atoms with E-state index in [0.717, 1.165) is 12.1 Å².